The van der Waals surface area contributed by atoms with E-state index in [0.717, 1.165) is 25.9 Å². The van der Waals surface area contributed by atoms with E-state index in [1.165, 1.54) is 17.9 Å². The molecule has 0 amide bonds. The molecule has 1 atom stereocenters. The molecule has 1 aliphatic heterocycles. The van der Waals surface area contributed by atoms with Crippen LogP contribution in [0.15, 0.2) is 0 Å². The fraction of sp³-hybridized carbons (Fsp3) is 1.00. The SMILES string of the molecule is O=S([O-])ON1CCCCCC1. The van der Waals surface area contributed by atoms with E-state index in [1.807, 2.05) is 0 Å². The van der Waals surface area contributed by atoms with Crippen molar-refractivity contribution >= 4 is 11.4 Å². The zero-order valence-electron chi connectivity index (χ0n) is 6.32. The Balaban J connectivity index is 2.25. The van der Waals surface area contributed by atoms with Crippen molar-refractivity contribution in [2.45, 2.75) is 25.7 Å². The Kier molecular flexibility index (Phi) is 3.99. The van der Waals surface area contributed by atoms with Gasteiger partial charge >= 0.3 is 0 Å². The molecule has 0 bridgehead atoms. The number of nitrogens with zero attached hydrogens (tertiary/aromatic N) is 1. The normalized spacial score (nSPS) is 24.5. The molecule has 1 heterocycles. The van der Waals surface area contributed by atoms with Gasteiger partial charge in [-0.15, -0.1) is 0 Å². The van der Waals surface area contributed by atoms with Crippen molar-refractivity contribution in [1.29, 1.82) is 0 Å². The van der Waals surface area contributed by atoms with E-state index < -0.39 is 11.4 Å². The van der Waals surface area contributed by atoms with Gasteiger partial charge in [-0.1, -0.05) is 12.8 Å². The van der Waals surface area contributed by atoms with E-state index in [-0.39, 0.29) is 0 Å². The van der Waals surface area contributed by atoms with E-state index >= 15 is 0 Å². The van der Waals surface area contributed by atoms with Crippen LogP contribution in [-0.2, 0) is 15.6 Å². The van der Waals surface area contributed by atoms with Gasteiger partial charge in [0.1, 0.15) is 11.4 Å². The maximum Gasteiger partial charge on any atom is 0.106 e. The fourth-order valence-corrected chi connectivity index (χ4v) is 1.52. The molecule has 1 unspecified atom stereocenters. The minimum atomic E-state index is -2.39. The Morgan fingerprint density at radius 1 is 1.18 bits per heavy atom. The maximum absolute atomic E-state index is 10.1. The topological polar surface area (TPSA) is 52.6 Å². The second-order valence-corrected chi connectivity index (χ2v) is 3.18. The molecule has 1 saturated heterocycles. The summed E-state index contributed by atoms with van der Waals surface area (Å²) in [5.74, 6) is 0. The summed E-state index contributed by atoms with van der Waals surface area (Å²) in [6.07, 6.45) is 4.39. The van der Waals surface area contributed by atoms with Gasteiger partial charge in [-0.05, 0) is 12.8 Å². The summed E-state index contributed by atoms with van der Waals surface area (Å²) in [5.41, 5.74) is 0. The summed E-state index contributed by atoms with van der Waals surface area (Å²) in [7, 11) is 0. The average Bonchev–Trinajstić information content (AvgIpc) is 2.14. The molecule has 66 valence electrons. The molecule has 0 saturated carbocycles. The molecule has 1 fully saturated rings. The smallest absolute Gasteiger partial charge is 0.106 e. The summed E-state index contributed by atoms with van der Waals surface area (Å²) >= 11 is -2.39. The summed E-state index contributed by atoms with van der Waals surface area (Å²) < 4.78 is 24.8. The van der Waals surface area contributed by atoms with Crippen LogP contribution in [0.5, 0.6) is 0 Å². The van der Waals surface area contributed by atoms with E-state index in [1.54, 1.807) is 0 Å². The average molecular weight is 178 g/mol. The summed E-state index contributed by atoms with van der Waals surface area (Å²) in [6.45, 7) is 1.46. The van der Waals surface area contributed by atoms with Gasteiger partial charge < -0.3 is 4.55 Å². The first-order valence-corrected chi connectivity index (χ1v) is 4.82. The van der Waals surface area contributed by atoms with Crippen LogP contribution in [0.2, 0.25) is 0 Å². The summed E-state index contributed by atoms with van der Waals surface area (Å²) in [6, 6.07) is 0. The van der Waals surface area contributed by atoms with Crippen LogP contribution < -0.4 is 0 Å². The minimum Gasteiger partial charge on any atom is -0.748 e. The third-order valence-electron chi connectivity index (χ3n) is 1.73. The first-order chi connectivity index (χ1) is 5.29. The minimum absolute atomic E-state index is 0.730. The number of rotatable bonds is 2. The molecule has 11 heavy (non-hydrogen) atoms. The van der Waals surface area contributed by atoms with E-state index in [2.05, 4.69) is 4.28 Å². The van der Waals surface area contributed by atoms with E-state index in [4.69, 9.17) is 0 Å². The highest BCUT2D eigenvalue weighted by atomic mass is 32.2. The largest absolute Gasteiger partial charge is 0.748 e. The number of hydroxylamine groups is 2. The predicted octanol–water partition coefficient (Wildman–Crippen LogP) is 0.588. The Bertz CT molecular complexity index is 134. The molecule has 0 aromatic carbocycles. The van der Waals surface area contributed by atoms with Gasteiger partial charge in [0.15, 0.2) is 0 Å². The number of hydrogen-bond donors (Lipinski definition) is 0. The quantitative estimate of drug-likeness (QED) is 0.581. The predicted molar refractivity (Wildman–Crippen MR) is 40.0 cm³/mol. The van der Waals surface area contributed by atoms with Crippen LogP contribution in [0.25, 0.3) is 0 Å². The van der Waals surface area contributed by atoms with Crippen molar-refractivity contribution in [3.05, 3.63) is 0 Å². The lowest BCUT2D eigenvalue weighted by Gasteiger charge is -2.19. The Labute approximate surface area is 69.0 Å². The molecule has 5 heteroatoms. The Morgan fingerprint density at radius 2 is 1.73 bits per heavy atom. The molecule has 4 nitrogen and oxygen atoms in total. The first kappa shape index (κ1) is 9.12. The van der Waals surface area contributed by atoms with Crippen molar-refractivity contribution in [2.75, 3.05) is 13.1 Å². The second-order valence-electron chi connectivity index (χ2n) is 2.62. The Morgan fingerprint density at radius 3 is 2.18 bits per heavy atom. The van der Waals surface area contributed by atoms with Gasteiger partial charge in [0.2, 0.25) is 0 Å². The van der Waals surface area contributed by atoms with E-state index in [0.29, 0.717) is 0 Å². The highest BCUT2D eigenvalue weighted by Crippen LogP contribution is 2.09. The van der Waals surface area contributed by atoms with Crippen molar-refractivity contribution in [1.82, 2.24) is 5.06 Å². The molecule has 0 aliphatic carbocycles. The van der Waals surface area contributed by atoms with Crippen molar-refractivity contribution in [3.63, 3.8) is 0 Å². The maximum atomic E-state index is 10.1. The van der Waals surface area contributed by atoms with Crippen LogP contribution in [0.1, 0.15) is 25.7 Å². The molecule has 0 aromatic rings. The molecule has 1 aliphatic rings. The zero-order valence-corrected chi connectivity index (χ0v) is 7.14. The lowest BCUT2D eigenvalue weighted by atomic mass is 10.2. The van der Waals surface area contributed by atoms with Crippen LogP contribution in [-0.4, -0.2) is 26.9 Å². The molecule has 0 radical (unpaired) electrons. The summed E-state index contributed by atoms with van der Waals surface area (Å²) in [5, 5.41) is 1.51. The van der Waals surface area contributed by atoms with Crippen molar-refractivity contribution in [3.8, 4) is 0 Å². The van der Waals surface area contributed by atoms with Crippen molar-refractivity contribution in [2.24, 2.45) is 0 Å². The number of hydrogen-bond acceptors (Lipinski definition) is 4. The standard InChI is InChI=1S/C6H13NO3S/c8-11(9)10-7-5-3-1-2-4-6-7/h1-6H2,(H,8,9)/p-1. The lowest BCUT2D eigenvalue weighted by Crippen LogP contribution is -2.25. The second kappa shape index (κ2) is 4.82. The third-order valence-corrected chi connectivity index (χ3v) is 2.06. The highest BCUT2D eigenvalue weighted by Gasteiger charge is 2.08. The molecule has 0 aromatic heterocycles. The van der Waals surface area contributed by atoms with Crippen LogP contribution in [0.4, 0.5) is 0 Å². The van der Waals surface area contributed by atoms with Crippen LogP contribution >= 0.6 is 0 Å². The van der Waals surface area contributed by atoms with Crippen molar-refractivity contribution < 1.29 is 13.0 Å². The van der Waals surface area contributed by atoms with Gasteiger partial charge in [-0.2, -0.15) is 5.06 Å². The van der Waals surface area contributed by atoms with E-state index in [9.17, 15) is 8.76 Å². The van der Waals surface area contributed by atoms with Gasteiger partial charge in [-0.25, -0.2) is 8.49 Å². The van der Waals surface area contributed by atoms with Crippen LogP contribution in [0.3, 0.4) is 0 Å². The molecule has 1 rings (SSSR count). The van der Waals surface area contributed by atoms with Gasteiger partial charge in [-0.3, -0.25) is 0 Å². The molecule has 0 N–H and O–H groups in total. The summed E-state index contributed by atoms with van der Waals surface area (Å²) in [4.78, 5) is 0. The van der Waals surface area contributed by atoms with Gasteiger partial charge in [0, 0.05) is 13.1 Å². The monoisotopic (exact) mass is 178 g/mol. The molecular formula is C6H12NO3S-. The molecular weight excluding hydrogens is 166 g/mol. The molecule has 0 spiro atoms. The Hall–Kier alpha value is 0.0300. The first-order valence-electron chi connectivity index (χ1n) is 3.82. The van der Waals surface area contributed by atoms with Crippen LogP contribution in [0, 0.1) is 0 Å². The highest BCUT2D eigenvalue weighted by molar-refractivity contribution is 7.74. The lowest BCUT2D eigenvalue weighted by molar-refractivity contribution is -0.0501. The third kappa shape index (κ3) is 3.81. The fourth-order valence-electron chi connectivity index (χ4n) is 1.20. The zero-order chi connectivity index (χ0) is 8.10. The van der Waals surface area contributed by atoms with Gasteiger partial charge in [0.05, 0.1) is 0 Å². The van der Waals surface area contributed by atoms with Gasteiger partial charge in [0.25, 0.3) is 0 Å².